The van der Waals surface area contributed by atoms with Crippen LogP contribution in [0.4, 0.5) is 0 Å². The van der Waals surface area contributed by atoms with Gasteiger partial charge in [-0.15, -0.1) is 0 Å². The zero-order chi connectivity index (χ0) is 15.7. The molecular formula is C18H18ClNO2. The van der Waals surface area contributed by atoms with Crippen LogP contribution >= 0.6 is 11.6 Å². The quantitative estimate of drug-likeness (QED) is 0.924. The van der Waals surface area contributed by atoms with E-state index in [0.29, 0.717) is 13.1 Å². The molecule has 1 saturated heterocycles. The minimum absolute atomic E-state index is 0.212. The smallest absolute Gasteiger partial charge is 0.309 e. The zero-order valence-electron chi connectivity index (χ0n) is 12.4. The normalized spacial score (nSPS) is 17.0. The van der Waals surface area contributed by atoms with E-state index in [0.717, 1.165) is 16.1 Å². The van der Waals surface area contributed by atoms with Crippen molar-refractivity contribution in [2.45, 2.75) is 13.0 Å². The second-order valence-corrected chi connectivity index (χ2v) is 6.23. The Morgan fingerprint density at radius 1 is 1.09 bits per heavy atom. The molecule has 1 atom stereocenters. The Balaban J connectivity index is 1.69. The lowest BCUT2D eigenvalue weighted by atomic mass is 9.94. The van der Waals surface area contributed by atoms with Gasteiger partial charge in [0.2, 0.25) is 0 Å². The first-order chi connectivity index (χ1) is 10.5. The van der Waals surface area contributed by atoms with Crippen LogP contribution in [0.25, 0.3) is 11.1 Å². The molecule has 1 aliphatic rings. The summed E-state index contributed by atoms with van der Waals surface area (Å²) in [5, 5.41) is 9.69. The number of nitrogens with zero attached hydrogens (tertiary/aromatic N) is 1. The molecule has 0 amide bonds. The molecular weight excluding hydrogens is 298 g/mol. The lowest BCUT2D eigenvalue weighted by molar-refractivity contribution is -0.148. The maximum Gasteiger partial charge on any atom is 0.309 e. The number of halogens is 1. The average Bonchev–Trinajstić information content (AvgIpc) is 2.46. The Labute approximate surface area is 135 Å². The average molecular weight is 316 g/mol. The van der Waals surface area contributed by atoms with E-state index in [-0.39, 0.29) is 12.0 Å². The number of rotatable bonds is 4. The topological polar surface area (TPSA) is 40.5 Å². The Morgan fingerprint density at radius 3 is 2.09 bits per heavy atom. The van der Waals surface area contributed by atoms with Gasteiger partial charge >= 0.3 is 5.97 Å². The van der Waals surface area contributed by atoms with Crippen LogP contribution in [0.15, 0.2) is 48.5 Å². The summed E-state index contributed by atoms with van der Waals surface area (Å²) < 4.78 is 0. The van der Waals surface area contributed by atoms with Crippen molar-refractivity contribution in [2.75, 3.05) is 13.1 Å². The molecule has 1 aliphatic heterocycles. The van der Waals surface area contributed by atoms with E-state index in [2.05, 4.69) is 36.1 Å². The van der Waals surface area contributed by atoms with Gasteiger partial charge in [0.1, 0.15) is 0 Å². The summed E-state index contributed by atoms with van der Waals surface area (Å²) in [6, 6.07) is 16.5. The first kappa shape index (κ1) is 15.1. The van der Waals surface area contributed by atoms with Gasteiger partial charge in [-0.05, 0) is 35.7 Å². The predicted molar refractivity (Wildman–Crippen MR) is 88.0 cm³/mol. The van der Waals surface area contributed by atoms with E-state index in [9.17, 15) is 4.79 Å². The Kier molecular flexibility index (Phi) is 4.19. The van der Waals surface area contributed by atoms with Crippen molar-refractivity contribution in [3.8, 4) is 11.1 Å². The van der Waals surface area contributed by atoms with Crippen LogP contribution in [0.1, 0.15) is 18.5 Å². The summed E-state index contributed by atoms with van der Waals surface area (Å²) in [6.45, 7) is 3.39. The Morgan fingerprint density at radius 2 is 1.59 bits per heavy atom. The summed E-state index contributed by atoms with van der Waals surface area (Å²) in [7, 11) is 0. The summed E-state index contributed by atoms with van der Waals surface area (Å²) >= 11 is 5.91. The fourth-order valence-electron chi connectivity index (χ4n) is 2.79. The summed E-state index contributed by atoms with van der Waals surface area (Å²) in [5.74, 6) is -0.905. The van der Waals surface area contributed by atoms with Gasteiger partial charge in [0.05, 0.1) is 5.92 Å². The number of likely N-dealkylation sites (tertiary alicyclic amines) is 1. The fourth-order valence-corrected chi connectivity index (χ4v) is 2.92. The van der Waals surface area contributed by atoms with Crippen LogP contribution in [0.2, 0.25) is 5.02 Å². The zero-order valence-corrected chi connectivity index (χ0v) is 13.1. The van der Waals surface area contributed by atoms with Crippen molar-refractivity contribution in [3.05, 3.63) is 59.1 Å². The van der Waals surface area contributed by atoms with Crippen molar-refractivity contribution in [1.29, 1.82) is 0 Å². The van der Waals surface area contributed by atoms with Crippen molar-refractivity contribution >= 4 is 17.6 Å². The van der Waals surface area contributed by atoms with Crippen molar-refractivity contribution in [1.82, 2.24) is 4.90 Å². The molecule has 1 unspecified atom stereocenters. The Bertz CT molecular complexity index is 660. The highest BCUT2D eigenvalue weighted by atomic mass is 35.5. The lowest BCUT2D eigenvalue weighted by Gasteiger charge is -2.41. The molecule has 1 fully saturated rings. The Hall–Kier alpha value is -1.84. The third-order valence-electron chi connectivity index (χ3n) is 4.38. The van der Waals surface area contributed by atoms with Crippen LogP contribution in [-0.4, -0.2) is 29.1 Å². The van der Waals surface area contributed by atoms with E-state index in [1.807, 2.05) is 24.3 Å². The van der Waals surface area contributed by atoms with E-state index in [1.165, 1.54) is 5.56 Å². The minimum Gasteiger partial charge on any atom is -0.481 e. The van der Waals surface area contributed by atoms with Crippen LogP contribution in [0.5, 0.6) is 0 Å². The van der Waals surface area contributed by atoms with E-state index < -0.39 is 5.97 Å². The molecule has 22 heavy (non-hydrogen) atoms. The molecule has 0 spiro atoms. The molecule has 0 aromatic heterocycles. The van der Waals surface area contributed by atoms with Gasteiger partial charge in [0.15, 0.2) is 0 Å². The first-order valence-corrected chi connectivity index (χ1v) is 7.75. The third-order valence-corrected chi connectivity index (χ3v) is 4.63. The van der Waals surface area contributed by atoms with Crippen molar-refractivity contribution in [2.24, 2.45) is 5.92 Å². The second-order valence-electron chi connectivity index (χ2n) is 5.79. The lowest BCUT2D eigenvalue weighted by Crippen LogP contribution is -2.51. The molecule has 2 aromatic carbocycles. The van der Waals surface area contributed by atoms with Crippen LogP contribution in [0.3, 0.4) is 0 Å². The molecule has 4 heteroatoms. The number of aliphatic carboxylic acids is 1. The molecule has 1 heterocycles. The minimum atomic E-state index is -0.693. The first-order valence-electron chi connectivity index (χ1n) is 7.37. The van der Waals surface area contributed by atoms with Gasteiger partial charge in [-0.1, -0.05) is 48.0 Å². The SMILES string of the molecule is CC(c1ccc(-c2ccc(Cl)cc2)cc1)N1CC(C(=O)O)C1. The summed E-state index contributed by atoms with van der Waals surface area (Å²) in [4.78, 5) is 13.1. The van der Waals surface area contributed by atoms with Gasteiger partial charge in [0, 0.05) is 24.2 Å². The highest BCUT2D eigenvalue weighted by Crippen LogP contribution is 2.30. The molecule has 0 radical (unpaired) electrons. The fraction of sp³-hybridized carbons (Fsp3) is 0.278. The van der Waals surface area contributed by atoms with Crippen LogP contribution < -0.4 is 0 Å². The van der Waals surface area contributed by atoms with Crippen molar-refractivity contribution in [3.63, 3.8) is 0 Å². The van der Waals surface area contributed by atoms with Crippen LogP contribution in [-0.2, 0) is 4.79 Å². The van der Waals surface area contributed by atoms with Gasteiger partial charge in [0.25, 0.3) is 0 Å². The predicted octanol–water partition coefficient (Wildman–Crippen LogP) is 4.08. The maximum absolute atomic E-state index is 10.9. The third kappa shape index (κ3) is 3.01. The highest BCUT2D eigenvalue weighted by molar-refractivity contribution is 6.30. The van der Waals surface area contributed by atoms with E-state index in [1.54, 1.807) is 0 Å². The maximum atomic E-state index is 10.9. The molecule has 2 aromatic rings. The highest BCUT2D eigenvalue weighted by Gasteiger charge is 2.35. The number of carboxylic acid groups (broad SMARTS) is 1. The largest absolute Gasteiger partial charge is 0.481 e. The number of carboxylic acids is 1. The van der Waals surface area contributed by atoms with Gasteiger partial charge in [-0.3, -0.25) is 9.69 Å². The van der Waals surface area contributed by atoms with Gasteiger partial charge in [-0.2, -0.15) is 0 Å². The molecule has 0 aliphatic carbocycles. The number of hydrogen-bond donors (Lipinski definition) is 1. The second kappa shape index (κ2) is 6.11. The van der Waals surface area contributed by atoms with E-state index in [4.69, 9.17) is 16.7 Å². The van der Waals surface area contributed by atoms with E-state index >= 15 is 0 Å². The monoisotopic (exact) mass is 315 g/mol. The number of hydrogen-bond acceptors (Lipinski definition) is 2. The summed E-state index contributed by atoms with van der Waals surface area (Å²) in [6.07, 6.45) is 0. The van der Waals surface area contributed by atoms with Gasteiger partial charge < -0.3 is 5.11 Å². The standard InChI is InChI=1S/C18H18ClNO2/c1-12(20-10-16(11-20)18(21)22)13-2-4-14(5-3-13)15-6-8-17(19)9-7-15/h2-9,12,16H,10-11H2,1H3,(H,21,22). The molecule has 0 bridgehead atoms. The number of benzene rings is 2. The summed E-state index contributed by atoms with van der Waals surface area (Å²) in [5.41, 5.74) is 3.50. The molecule has 1 N–H and O–H groups in total. The molecule has 0 saturated carbocycles. The van der Waals surface area contributed by atoms with Crippen LogP contribution in [0, 0.1) is 5.92 Å². The molecule has 3 nitrogen and oxygen atoms in total. The number of carbonyl (C=O) groups is 1. The van der Waals surface area contributed by atoms with Crippen molar-refractivity contribution < 1.29 is 9.90 Å². The molecule has 114 valence electrons. The van der Waals surface area contributed by atoms with Gasteiger partial charge in [-0.25, -0.2) is 0 Å². The molecule has 3 rings (SSSR count).